The number of sulfonamides is 1. The Balaban J connectivity index is 2.02. The molecule has 0 bridgehead atoms. The van der Waals surface area contributed by atoms with Crippen LogP contribution >= 0.6 is 11.6 Å². The number of nitrogens with one attached hydrogen (secondary N) is 1. The monoisotopic (exact) mass is 359 g/mol. The Hall–Kier alpha value is -1.15. The predicted molar refractivity (Wildman–Crippen MR) is 89.9 cm³/mol. The van der Waals surface area contributed by atoms with Gasteiger partial charge in [-0.15, -0.1) is 0 Å². The third kappa shape index (κ3) is 4.23. The van der Waals surface area contributed by atoms with Crippen LogP contribution in [0.25, 0.3) is 0 Å². The molecule has 1 fully saturated rings. The van der Waals surface area contributed by atoms with Crippen LogP contribution in [0, 0.1) is 0 Å². The second-order valence-electron chi connectivity index (χ2n) is 5.47. The minimum Gasteiger partial charge on any atom is -0.355 e. The SMILES string of the molecule is CCNC(=O)[C@H](C)N1CCN(S(=O)(=O)c2cccc(Cl)c2)CC1. The summed E-state index contributed by atoms with van der Waals surface area (Å²) in [6.45, 7) is 6.08. The van der Waals surface area contributed by atoms with Gasteiger partial charge in [-0.2, -0.15) is 4.31 Å². The van der Waals surface area contributed by atoms with E-state index in [1.165, 1.54) is 10.4 Å². The second-order valence-corrected chi connectivity index (χ2v) is 7.84. The average Bonchev–Trinajstić information content (AvgIpc) is 2.54. The highest BCUT2D eigenvalue weighted by atomic mass is 35.5. The maximum atomic E-state index is 12.6. The fourth-order valence-electron chi connectivity index (χ4n) is 2.60. The molecule has 0 aromatic heterocycles. The number of piperazine rings is 1. The van der Waals surface area contributed by atoms with Gasteiger partial charge in [-0.1, -0.05) is 17.7 Å². The number of amides is 1. The molecule has 0 radical (unpaired) electrons. The largest absolute Gasteiger partial charge is 0.355 e. The zero-order chi connectivity index (χ0) is 17.0. The highest BCUT2D eigenvalue weighted by molar-refractivity contribution is 7.89. The molecule has 1 aromatic carbocycles. The van der Waals surface area contributed by atoms with Gasteiger partial charge in [0, 0.05) is 37.7 Å². The zero-order valence-electron chi connectivity index (χ0n) is 13.3. The van der Waals surface area contributed by atoms with Crippen LogP contribution in [0.5, 0.6) is 0 Å². The molecule has 1 heterocycles. The van der Waals surface area contributed by atoms with Crippen molar-refractivity contribution in [3.05, 3.63) is 29.3 Å². The van der Waals surface area contributed by atoms with E-state index in [0.717, 1.165) is 0 Å². The van der Waals surface area contributed by atoms with Crippen molar-refractivity contribution in [2.75, 3.05) is 32.7 Å². The molecule has 0 aliphatic carbocycles. The molecular weight excluding hydrogens is 338 g/mol. The first kappa shape index (κ1) is 18.2. The van der Waals surface area contributed by atoms with Gasteiger partial charge in [0.2, 0.25) is 15.9 Å². The van der Waals surface area contributed by atoms with E-state index < -0.39 is 10.0 Å². The standard InChI is InChI=1S/C15H22ClN3O3S/c1-3-17-15(20)12(2)18-7-9-19(10-8-18)23(21,22)14-6-4-5-13(16)11-14/h4-6,11-12H,3,7-10H2,1-2H3,(H,17,20)/t12-/m0/s1. The Labute approximate surface area is 142 Å². The summed E-state index contributed by atoms with van der Waals surface area (Å²) in [6.07, 6.45) is 0. The van der Waals surface area contributed by atoms with Gasteiger partial charge in [-0.25, -0.2) is 8.42 Å². The molecule has 1 aliphatic rings. The van der Waals surface area contributed by atoms with Crippen LogP contribution in [0.3, 0.4) is 0 Å². The third-order valence-electron chi connectivity index (χ3n) is 3.99. The number of rotatable bonds is 5. The molecule has 23 heavy (non-hydrogen) atoms. The number of carbonyl (C=O) groups excluding carboxylic acids is 1. The van der Waals surface area contributed by atoms with Crippen LogP contribution in [0.1, 0.15) is 13.8 Å². The lowest BCUT2D eigenvalue weighted by atomic mass is 10.2. The fourth-order valence-corrected chi connectivity index (χ4v) is 4.32. The van der Waals surface area contributed by atoms with E-state index >= 15 is 0 Å². The number of benzene rings is 1. The van der Waals surface area contributed by atoms with E-state index in [0.29, 0.717) is 37.7 Å². The Morgan fingerprint density at radius 2 is 1.96 bits per heavy atom. The topological polar surface area (TPSA) is 69.7 Å². The highest BCUT2D eigenvalue weighted by Gasteiger charge is 2.31. The lowest BCUT2D eigenvalue weighted by molar-refractivity contribution is -0.126. The molecule has 0 unspecified atom stereocenters. The van der Waals surface area contributed by atoms with Gasteiger partial charge in [0.15, 0.2) is 0 Å². The van der Waals surface area contributed by atoms with Crippen molar-refractivity contribution < 1.29 is 13.2 Å². The van der Waals surface area contributed by atoms with Crippen LogP contribution in [-0.4, -0.2) is 62.3 Å². The molecule has 2 rings (SSSR count). The lowest BCUT2D eigenvalue weighted by Gasteiger charge is -2.36. The van der Waals surface area contributed by atoms with Gasteiger partial charge >= 0.3 is 0 Å². The summed E-state index contributed by atoms with van der Waals surface area (Å²) in [5.41, 5.74) is 0. The van der Waals surface area contributed by atoms with Gasteiger partial charge < -0.3 is 5.32 Å². The van der Waals surface area contributed by atoms with E-state index in [4.69, 9.17) is 11.6 Å². The summed E-state index contributed by atoms with van der Waals surface area (Å²) < 4.78 is 26.7. The molecule has 1 aliphatic heterocycles. The van der Waals surface area contributed by atoms with Crippen LogP contribution in [-0.2, 0) is 14.8 Å². The second kappa shape index (κ2) is 7.61. The molecule has 0 saturated carbocycles. The normalized spacial score (nSPS) is 18.6. The van der Waals surface area contributed by atoms with Gasteiger partial charge in [0.25, 0.3) is 0 Å². The summed E-state index contributed by atoms with van der Waals surface area (Å²) in [5.74, 6) is -0.0290. The van der Waals surface area contributed by atoms with E-state index in [1.807, 2.05) is 18.7 Å². The van der Waals surface area contributed by atoms with Crippen molar-refractivity contribution in [3.8, 4) is 0 Å². The first-order chi connectivity index (χ1) is 10.9. The van der Waals surface area contributed by atoms with E-state index in [1.54, 1.807) is 18.2 Å². The first-order valence-electron chi connectivity index (χ1n) is 7.63. The van der Waals surface area contributed by atoms with Crippen molar-refractivity contribution in [2.45, 2.75) is 24.8 Å². The maximum Gasteiger partial charge on any atom is 0.243 e. The summed E-state index contributed by atoms with van der Waals surface area (Å²) >= 11 is 5.88. The summed E-state index contributed by atoms with van der Waals surface area (Å²) in [7, 11) is -3.54. The molecule has 1 aromatic rings. The van der Waals surface area contributed by atoms with Gasteiger partial charge in [-0.05, 0) is 32.0 Å². The van der Waals surface area contributed by atoms with Crippen LogP contribution < -0.4 is 5.32 Å². The van der Waals surface area contributed by atoms with Crippen molar-refractivity contribution in [1.29, 1.82) is 0 Å². The minimum absolute atomic E-state index is 0.0290. The summed E-state index contributed by atoms with van der Waals surface area (Å²) in [6, 6.07) is 6.02. The van der Waals surface area contributed by atoms with Crippen LogP contribution in [0.15, 0.2) is 29.2 Å². The van der Waals surface area contributed by atoms with E-state index in [2.05, 4.69) is 5.32 Å². The fraction of sp³-hybridized carbons (Fsp3) is 0.533. The van der Waals surface area contributed by atoms with Crippen molar-refractivity contribution >= 4 is 27.5 Å². The van der Waals surface area contributed by atoms with Gasteiger partial charge in [0.05, 0.1) is 10.9 Å². The van der Waals surface area contributed by atoms with Crippen molar-refractivity contribution in [3.63, 3.8) is 0 Å². The Kier molecular flexibility index (Phi) is 6.02. The molecule has 8 heteroatoms. The molecule has 6 nitrogen and oxygen atoms in total. The number of hydrogen-bond donors (Lipinski definition) is 1. The van der Waals surface area contributed by atoms with Gasteiger partial charge in [0.1, 0.15) is 0 Å². The number of halogens is 1. The molecular formula is C15H22ClN3O3S. The molecule has 1 N–H and O–H groups in total. The quantitative estimate of drug-likeness (QED) is 0.856. The summed E-state index contributed by atoms with van der Waals surface area (Å²) in [5, 5.41) is 3.19. The van der Waals surface area contributed by atoms with E-state index in [9.17, 15) is 13.2 Å². The van der Waals surface area contributed by atoms with E-state index in [-0.39, 0.29) is 16.8 Å². The minimum atomic E-state index is -3.54. The zero-order valence-corrected chi connectivity index (χ0v) is 14.9. The Morgan fingerprint density at radius 3 is 2.52 bits per heavy atom. The maximum absolute atomic E-state index is 12.6. The van der Waals surface area contributed by atoms with Crippen LogP contribution in [0.2, 0.25) is 5.02 Å². The number of nitrogens with zero attached hydrogens (tertiary/aromatic N) is 2. The van der Waals surface area contributed by atoms with Gasteiger partial charge in [-0.3, -0.25) is 9.69 Å². The number of hydrogen-bond acceptors (Lipinski definition) is 4. The average molecular weight is 360 g/mol. The molecule has 1 atom stereocenters. The smallest absolute Gasteiger partial charge is 0.243 e. The molecule has 0 spiro atoms. The lowest BCUT2D eigenvalue weighted by Crippen LogP contribution is -2.54. The predicted octanol–water partition coefficient (Wildman–Crippen LogP) is 1.17. The van der Waals surface area contributed by atoms with Crippen molar-refractivity contribution in [1.82, 2.24) is 14.5 Å². The molecule has 128 valence electrons. The Bertz CT molecular complexity index is 658. The first-order valence-corrected chi connectivity index (χ1v) is 9.45. The molecule has 1 amide bonds. The third-order valence-corrected chi connectivity index (χ3v) is 6.11. The Morgan fingerprint density at radius 1 is 1.30 bits per heavy atom. The van der Waals surface area contributed by atoms with Crippen LogP contribution in [0.4, 0.5) is 0 Å². The summed E-state index contributed by atoms with van der Waals surface area (Å²) in [4.78, 5) is 14.1. The number of carbonyl (C=O) groups is 1. The highest BCUT2D eigenvalue weighted by Crippen LogP contribution is 2.21. The van der Waals surface area contributed by atoms with Crippen molar-refractivity contribution in [2.24, 2.45) is 0 Å². The number of likely N-dealkylation sites (N-methyl/N-ethyl adjacent to an activating group) is 1. The molecule has 1 saturated heterocycles.